The van der Waals surface area contributed by atoms with Gasteiger partial charge in [-0.15, -0.1) is 0 Å². The second-order valence-electron chi connectivity index (χ2n) is 4.92. The van der Waals surface area contributed by atoms with E-state index in [9.17, 15) is 0 Å². The Labute approximate surface area is 114 Å². The van der Waals surface area contributed by atoms with Gasteiger partial charge < -0.3 is 16.0 Å². The van der Waals surface area contributed by atoms with Crippen molar-refractivity contribution < 1.29 is 0 Å². The van der Waals surface area contributed by atoms with Crippen molar-refractivity contribution in [2.24, 2.45) is 5.73 Å². The fourth-order valence-electron chi connectivity index (χ4n) is 2.48. The number of rotatable bonds is 4. The van der Waals surface area contributed by atoms with Crippen molar-refractivity contribution in [2.45, 2.75) is 25.3 Å². The van der Waals surface area contributed by atoms with E-state index >= 15 is 0 Å². The van der Waals surface area contributed by atoms with Crippen molar-refractivity contribution in [1.82, 2.24) is 4.90 Å². The quantitative estimate of drug-likeness (QED) is 0.817. The van der Waals surface area contributed by atoms with E-state index in [1.165, 1.54) is 25.8 Å². The molecule has 0 aliphatic carbocycles. The first-order valence-electron chi connectivity index (χ1n) is 6.51. The van der Waals surface area contributed by atoms with Crippen LogP contribution in [0.15, 0.2) is 24.3 Å². The van der Waals surface area contributed by atoms with E-state index in [1.54, 1.807) is 0 Å². The smallest absolute Gasteiger partial charge is 0.106 e. The highest BCUT2D eigenvalue weighted by Gasteiger charge is 2.18. The molecule has 0 amide bonds. The number of nitrogens with one attached hydrogen (secondary N) is 1. The van der Waals surface area contributed by atoms with Crippen LogP contribution in [0.25, 0.3) is 0 Å². The Bertz CT molecular complexity index is 419. The zero-order chi connectivity index (χ0) is 13.0. The summed E-state index contributed by atoms with van der Waals surface area (Å²) in [4.78, 5) is 2.88. The van der Waals surface area contributed by atoms with Gasteiger partial charge in [0.1, 0.15) is 4.99 Å². The molecule has 0 bridgehead atoms. The highest BCUT2D eigenvalue weighted by Crippen LogP contribution is 2.18. The Balaban J connectivity index is 1.99. The number of likely N-dealkylation sites (N-methyl/N-ethyl adjacent to an activating group) is 1. The van der Waals surface area contributed by atoms with Crippen molar-refractivity contribution in [2.75, 3.05) is 25.5 Å². The third-order valence-electron chi connectivity index (χ3n) is 3.64. The largest absolute Gasteiger partial charge is 0.389 e. The van der Waals surface area contributed by atoms with Gasteiger partial charge in [-0.05, 0) is 38.6 Å². The number of hydrogen-bond acceptors (Lipinski definition) is 3. The number of para-hydroxylation sites is 1. The Morgan fingerprint density at radius 3 is 2.94 bits per heavy atom. The lowest BCUT2D eigenvalue weighted by molar-refractivity contribution is 0.194. The zero-order valence-electron chi connectivity index (χ0n) is 10.9. The highest BCUT2D eigenvalue weighted by molar-refractivity contribution is 7.80. The third-order valence-corrected chi connectivity index (χ3v) is 3.86. The molecule has 18 heavy (non-hydrogen) atoms. The van der Waals surface area contributed by atoms with Gasteiger partial charge in [0.25, 0.3) is 0 Å². The van der Waals surface area contributed by atoms with Crippen LogP contribution >= 0.6 is 12.2 Å². The molecule has 1 aliphatic heterocycles. The number of nitrogens with zero attached hydrogens (tertiary/aromatic N) is 1. The van der Waals surface area contributed by atoms with Gasteiger partial charge in [0.2, 0.25) is 0 Å². The molecule has 1 heterocycles. The lowest BCUT2D eigenvalue weighted by atomic mass is 10.0. The Hall–Kier alpha value is -1.13. The topological polar surface area (TPSA) is 41.3 Å². The number of benzene rings is 1. The SMILES string of the molecule is CN1CCCCC1CNc1ccccc1C(N)=S. The molecule has 3 nitrogen and oxygen atoms in total. The molecule has 1 aromatic carbocycles. The maximum Gasteiger partial charge on any atom is 0.106 e. The molecule has 98 valence electrons. The van der Waals surface area contributed by atoms with Crippen LogP contribution in [0, 0.1) is 0 Å². The summed E-state index contributed by atoms with van der Waals surface area (Å²) in [6, 6.07) is 8.59. The fraction of sp³-hybridized carbons (Fsp3) is 0.500. The number of likely N-dealkylation sites (tertiary alicyclic amines) is 1. The van der Waals surface area contributed by atoms with Crippen LogP contribution in [-0.2, 0) is 0 Å². The summed E-state index contributed by atoms with van der Waals surface area (Å²) in [6.07, 6.45) is 3.91. The lowest BCUT2D eigenvalue weighted by Gasteiger charge is -2.33. The molecule has 3 N–H and O–H groups in total. The summed E-state index contributed by atoms with van der Waals surface area (Å²) in [6.45, 7) is 2.15. The van der Waals surface area contributed by atoms with E-state index in [0.717, 1.165) is 17.8 Å². The monoisotopic (exact) mass is 263 g/mol. The Kier molecular flexibility index (Phi) is 4.55. The summed E-state index contributed by atoms with van der Waals surface area (Å²) in [5.41, 5.74) is 7.71. The van der Waals surface area contributed by atoms with E-state index in [2.05, 4.69) is 17.3 Å². The lowest BCUT2D eigenvalue weighted by Crippen LogP contribution is -2.40. The van der Waals surface area contributed by atoms with Crippen LogP contribution in [0.2, 0.25) is 0 Å². The summed E-state index contributed by atoms with van der Waals surface area (Å²) in [5.74, 6) is 0. The molecule has 1 aliphatic rings. The van der Waals surface area contributed by atoms with Gasteiger partial charge >= 0.3 is 0 Å². The molecule has 0 saturated carbocycles. The molecule has 1 saturated heterocycles. The summed E-state index contributed by atoms with van der Waals surface area (Å²) in [5, 5.41) is 3.49. The molecule has 0 spiro atoms. The molecule has 0 radical (unpaired) electrons. The van der Waals surface area contributed by atoms with Gasteiger partial charge in [0.15, 0.2) is 0 Å². The average Bonchev–Trinajstić information content (AvgIpc) is 2.38. The van der Waals surface area contributed by atoms with Crippen LogP contribution in [0.3, 0.4) is 0 Å². The maximum atomic E-state index is 5.73. The number of thiocarbonyl (C=S) groups is 1. The average molecular weight is 263 g/mol. The molecule has 1 atom stereocenters. The molecule has 2 rings (SSSR count). The van der Waals surface area contributed by atoms with E-state index < -0.39 is 0 Å². The maximum absolute atomic E-state index is 5.73. The van der Waals surface area contributed by atoms with Gasteiger partial charge in [0.05, 0.1) is 0 Å². The summed E-state index contributed by atoms with van der Waals surface area (Å²) >= 11 is 5.07. The van der Waals surface area contributed by atoms with E-state index in [1.807, 2.05) is 24.3 Å². The van der Waals surface area contributed by atoms with Gasteiger partial charge in [0, 0.05) is 23.8 Å². The fourth-order valence-corrected chi connectivity index (χ4v) is 2.66. The molecule has 1 unspecified atom stereocenters. The van der Waals surface area contributed by atoms with Crippen molar-refractivity contribution in [3.63, 3.8) is 0 Å². The van der Waals surface area contributed by atoms with E-state index in [4.69, 9.17) is 18.0 Å². The number of piperidine rings is 1. The van der Waals surface area contributed by atoms with Crippen LogP contribution in [0.1, 0.15) is 24.8 Å². The normalized spacial score (nSPS) is 20.6. The van der Waals surface area contributed by atoms with Gasteiger partial charge in [-0.25, -0.2) is 0 Å². The van der Waals surface area contributed by atoms with Crippen LogP contribution in [0.4, 0.5) is 5.69 Å². The van der Waals surface area contributed by atoms with Crippen LogP contribution in [-0.4, -0.2) is 36.1 Å². The van der Waals surface area contributed by atoms with Crippen molar-refractivity contribution >= 4 is 22.9 Å². The van der Waals surface area contributed by atoms with Crippen molar-refractivity contribution in [3.05, 3.63) is 29.8 Å². The van der Waals surface area contributed by atoms with Crippen LogP contribution in [0.5, 0.6) is 0 Å². The number of anilines is 1. The van der Waals surface area contributed by atoms with Gasteiger partial charge in [-0.1, -0.05) is 30.8 Å². The first-order valence-corrected chi connectivity index (χ1v) is 6.92. The second kappa shape index (κ2) is 6.16. The Morgan fingerprint density at radius 2 is 2.22 bits per heavy atom. The summed E-state index contributed by atoms with van der Waals surface area (Å²) in [7, 11) is 2.20. The number of hydrogen-bond donors (Lipinski definition) is 2. The Morgan fingerprint density at radius 1 is 1.44 bits per heavy atom. The molecular weight excluding hydrogens is 242 g/mol. The van der Waals surface area contributed by atoms with Crippen molar-refractivity contribution in [3.8, 4) is 0 Å². The minimum atomic E-state index is 0.454. The first kappa shape index (κ1) is 13.3. The van der Waals surface area contributed by atoms with Crippen LogP contribution < -0.4 is 11.1 Å². The van der Waals surface area contributed by atoms with E-state index in [-0.39, 0.29) is 0 Å². The molecule has 0 aromatic heterocycles. The third kappa shape index (κ3) is 3.21. The molecule has 1 aromatic rings. The second-order valence-corrected chi connectivity index (χ2v) is 5.36. The zero-order valence-corrected chi connectivity index (χ0v) is 11.7. The first-order chi connectivity index (χ1) is 8.68. The van der Waals surface area contributed by atoms with Gasteiger partial charge in [-0.2, -0.15) is 0 Å². The van der Waals surface area contributed by atoms with Crippen molar-refractivity contribution in [1.29, 1.82) is 0 Å². The molecular formula is C14H21N3S. The number of nitrogens with two attached hydrogens (primary N) is 1. The molecule has 4 heteroatoms. The standard InChI is InChI=1S/C14H21N3S/c1-17-9-5-4-6-11(17)10-16-13-8-3-2-7-12(13)14(15)18/h2-3,7-8,11,16H,4-6,9-10H2,1H3,(H2,15,18). The van der Waals surface area contributed by atoms with E-state index in [0.29, 0.717) is 11.0 Å². The molecule has 1 fully saturated rings. The predicted octanol–water partition coefficient (Wildman–Crippen LogP) is 2.22. The predicted molar refractivity (Wildman–Crippen MR) is 81.1 cm³/mol. The summed E-state index contributed by atoms with van der Waals surface area (Å²) < 4.78 is 0. The van der Waals surface area contributed by atoms with Gasteiger partial charge in [-0.3, -0.25) is 0 Å². The minimum Gasteiger partial charge on any atom is -0.389 e. The highest BCUT2D eigenvalue weighted by atomic mass is 32.1. The minimum absolute atomic E-state index is 0.454.